The molecule has 0 aromatic heterocycles. The van der Waals surface area contributed by atoms with Crippen molar-refractivity contribution in [2.75, 3.05) is 0 Å². The highest BCUT2D eigenvalue weighted by Crippen LogP contribution is 2.47. The predicted molar refractivity (Wildman–Crippen MR) is 89.7 cm³/mol. The highest BCUT2D eigenvalue weighted by molar-refractivity contribution is 14.1. The number of benzene rings is 1. The van der Waals surface area contributed by atoms with Crippen LogP contribution in [-0.2, 0) is 4.79 Å². The monoisotopic (exact) mass is 425 g/mol. The third kappa shape index (κ3) is 2.99. The maximum atomic E-state index is 12.2. The van der Waals surface area contributed by atoms with Crippen LogP contribution in [0, 0.1) is 12.3 Å². The second kappa shape index (κ2) is 6.13. The molecule has 0 saturated carbocycles. The summed E-state index contributed by atoms with van der Waals surface area (Å²) in [6, 6.07) is 5.30. The van der Waals surface area contributed by atoms with E-state index in [0.717, 1.165) is 5.56 Å². The quantitative estimate of drug-likeness (QED) is 0.304. The smallest absolute Gasteiger partial charge is 0.238 e. The van der Waals surface area contributed by atoms with Crippen molar-refractivity contribution in [2.24, 2.45) is 0 Å². The number of carbonyl (C=O) groups is 1. The van der Waals surface area contributed by atoms with Crippen molar-refractivity contribution in [2.45, 2.75) is 21.6 Å². The first kappa shape index (κ1) is 15.3. The number of terminal acetylenes is 1. The van der Waals surface area contributed by atoms with Crippen LogP contribution in [0.4, 0.5) is 0 Å². The summed E-state index contributed by atoms with van der Waals surface area (Å²) in [6.07, 6.45) is 5.45. The first-order chi connectivity index (χ1) is 8.95. The van der Waals surface area contributed by atoms with Gasteiger partial charge in [-0.15, -0.1) is 18.2 Å². The van der Waals surface area contributed by atoms with Crippen LogP contribution < -0.4 is 0 Å². The van der Waals surface area contributed by atoms with Crippen molar-refractivity contribution in [1.82, 2.24) is 4.90 Å². The number of rotatable bonds is 2. The molecule has 2 nitrogen and oxygen atoms in total. The summed E-state index contributed by atoms with van der Waals surface area (Å²) in [4.78, 5) is 13.9. The van der Waals surface area contributed by atoms with Crippen molar-refractivity contribution in [3.63, 3.8) is 0 Å². The molecular formula is C13H10Cl2INOS. The molecule has 1 heterocycles. The summed E-state index contributed by atoms with van der Waals surface area (Å²) >= 11 is 15.8. The van der Waals surface area contributed by atoms with E-state index in [9.17, 15) is 4.79 Å². The van der Waals surface area contributed by atoms with E-state index in [1.807, 2.05) is 13.0 Å². The van der Waals surface area contributed by atoms with E-state index in [4.69, 9.17) is 29.6 Å². The molecule has 0 N–H and O–H groups in total. The molecular weight excluding hydrogens is 416 g/mol. The zero-order valence-corrected chi connectivity index (χ0v) is 14.4. The standard InChI is InChI=1S/C13H10Cl2INOS/c1-3-11(16)17-12(18)7(2)19-13(17)9-5-4-8(14)6-10(9)15/h1,4-7,11,13H,2H3. The van der Waals surface area contributed by atoms with E-state index in [-0.39, 0.29) is 20.6 Å². The van der Waals surface area contributed by atoms with Crippen molar-refractivity contribution in [1.29, 1.82) is 0 Å². The molecule has 0 spiro atoms. The van der Waals surface area contributed by atoms with E-state index in [2.05, 4.69) is 28.5 Å². The van der Waals surface area contributed by atoms with E-state index in [1.165, 1.54) is 0 Å². The number of carbonyl (C=O) groups excluding carboxylic acids is 1. The summed E-state index contributed by atoms with van der Waals surface area (Å²) in [6.45, 7) is 1.88. The summed E-state index contributed by atoms with van der Waals surface area (Å²) < 4.78 is -0.292. The molecule has 2 rings (SSSR count). The van der Waals surface area contributed by atoms with E-state index < -0.39 is 0 Å². The van der Waals surface area contributed by atoms with Crippen LogP contribution in [0.2, 0.25) is 10.0 Å². The lowest BCUT2D eigenvalue weighted by Gasteiger charge is -2.26. The molecule has 3 unspecified atom stereocenters. The SMILES string of the molecule is C#CC(I)N1C(=O)C(C)SC1c1ccc(Cl)cc1Cl. The summed E-state index contributed by atoms with van der Waals surface area (Å²) in [7, 11) is 0. The molecule has 1 aromatic rings. The molecule has 3 atom stereocenters. The van der Waals surface area contributed by atoms with Gasteiger partial charge >= 0.3 is 0 Å². The van der Waals surface area contributed by atoms with Crippen molar-refractivity contribution >= 4 is 63.5 Å². The number of halogens is 3. The molecule has 19 heavy (non-hydrogen) atoms. The van der Waals surface area contributed by atoms with Crippen LogP contribution in [0.15, 0.2) is 18.2 Å². The number of alkyl halides is 1. The fourth-order valence-electron chi connectivity index (χ4n) is 1.88. The molecule has 0 aliphatic carbocycles. The maximum Gasteiger partial charge on any atom is 0.238 e. The number of hydrogen-bond acceptors (Lipinski definition) is 2. The number of amides is 1. The van der Waals surface area contributed by atoms with Crippen LogP contribution in [0.1, 0.15) is 17.9 Å². The first-order valence-corrected chi connectivity index (χ1v) is 8.43. The maximum absolute atomic E-state index is 12.2. The number of thioether (sulfide) groups is 1. The minimum absolute atomic E-state index is 0.0402. The van der Waals surface area contributed by atoms with Gasteiger partial charge in [0.1, 0.15) is 9.42 Å². The van der Waals surface area contributed by atoms with Gasteiger partial charge in [-0.3, -0.25) is 4.79 Å². The normalized spacial score (nSPS) is 24.4. The van der Waals surface area contributed by atoms with E-state index >= 15 is 0 Å². The van der Waals surface area contributed by atoms with Gasteiger partial charge in [-0.25, -0.2) is 0 Å². The lowest BCUT2D eigenvalue weighted by molar-refractivity contribution is -0.129. The third-order valence-corrected chi connectivity index (χ3v) is 5.67. The molecule has 1 fully saturated rings. The fraction of sp³-hybridized carbons (Fsp3) is 0.308. The first-order valence-electron chi connectivity index (χ1n) is 5.48. The van der Waals surface area contributed by atoms with Gasteiger partial charge < -0.3 is 4.90 Å². The molecule has 100 valence electrons. The molecule has 0 radical (unpaired) electrons. The predicted octanol–water partition coefficient (Wildman–Crippen LogP) is 4.35. The van der Waals surface area contributed by atoms with E-state index in [0.29, 0.717) is 10.0 Å². The van der Waals surface area contributed by atoms with Gasteiger partial charge in [-0.2, -0.15) is 0 Å². The van der Waals surface area contributed by atoms with Gasteiger partial charge in [0.2, 0.25) is 5.91 Å². The van der Waals surface area contributed by atoms with Gasteiger partial charge in [-0.1, -0.05) is 35.2 Å². The minimum atomic E-state index is -0.292. The fourth-order valence-corrected chi connectivity index (χ4v) is 4.60. The molecule has 1 aliphatic heterocycles. The minimum Gasteiger partial charge on any atom is -0.303 e. The molecule has 1 amide bonds. The van der Waals surface area contributed by atoms with Gasteiger partial charge in [0.15, 0.2) is 0 Å². The number of nitrogens with zero attached hydrogens (tertiary/aromatic N) is 1. The van der Waals surface area contributed by atoms with Gasteiger partial charge in [0, 0.05) is 15.6 Å². The Labute approximate surface area is 140 Å². The molecule has 1 saturated heterocycles. The highest BCUT2D eigenvalue weighted by Gasteiger charge is 2.41. The third-order valence-electron chi connectivity index (χ3n) is 2.80. The second-order valence-electron chi connectivity index (χ2n) is 4.04. The average molecular weight is 426 g/mol. The summed E-state index contributed by atoms with van der Waals surface area (Å²) in [5.74, 6) is 2.64. The average Bonchev–Trinajstić information content (AvgIpc) is 2.65. The Hall–Kier alpha value is -0.0900. The molecule has 1 aromatic carbocycles. The van der Waals surface area contributed by atoms with E-state index in [1.54, 1.807) is 28.8 Å². The molecule has 1 aliphatic rings. The van der Waals surface area contributed by atoms with Crippen LogP contribution in [0.5, 0.6) is 0 Å². The Kier molecular flexibility index (Phi) is 4.93. The Morgan fingerprint density at radius 3 is 2.79 bits per heavy atom. The Morgan fingerprint density at radius 1 is 1.53 bits per heavy atom. The van der Waals surface area contributed by atoms with Crippen LogP contribution >= 0.6 is 57.6 Å². The largest absolute Gasteiger partial charge is 0.303 e. The second-order valence-corrected chi connectivity index (χ2v) is 7.49. The Bertz CT molecular complexity index is 560. The topological polar surface area (TPSA) is 20.3 Å². The van der Waals surface area contributed by atoms with Gasteiger partial charge in [0.25, 0.3) is 0 Å². The lowest BCUT2D eigenvalue weighted by Crippen LogP contribution is -2.35. The zero-order valence-electron chi connectivity index (χ0n) is 9.94. The summed E-state index contributed by atoms with van der Waals surface area (Å²) in [5.41, 5.74) is 0.866. The Morgan fingerprint density at radius 2 is 2.21 bits per heavy atom. The number of hydrogen-bond donors (Lipinski definition) is 0. The molecule has 6 heteroatoms. The van der Waals surface area contributed by atoms with Gasteiger partial charge in [-0.05, 0) is 41.6 Å². The van der Waals surface area contributed by atoms with Crippen molar-refractivity contribution in [3.8, 4) is 12.3 Å². The van der Waals surface area contributed by atoms with Crippen molar-refractivity contribution < 1.29 is 4.79 Å². The van der Waals surface area contributed by atoms with Crippen LogP contribution in [0.25, 0.3) is 0 Å². The lowest BCUT2D eigenvalue weighted by atomic mass is 10.2. The Balaban J connectivity index is 2.42. The highest BCUT2D eigenvalue weighted by atomic mass is 127. The van der Waals surface area contributed by atoms with Crippen molar-refractivity contribution in [3.05, 3.63) is 33.8 Å². The van der Waals surface area contributed by atoms with Crippen LogP contribution in [-0.4, -0.2) is 20.1 Å². The van der Waals surface area contributed by atoms with Gasteiger partial charge in [0.05, 0.1) is 5.25 Å². The zero-order chi connectivity index (χ0) is 14.2. The molecule has 0 bridgehead atoms. The summed E-state index contributed by atoms with van der Waals surface area (Å²) in [5, 5.41) is 0.843. The van der Waals surface area contributed by atoms with Crippen LogP contribution in [0.3, 0.4) is 0 Å².